The molecule has 0 saturated carbocycles. The van der Waals surface area contributed by atoms with Gasteiger partial charge in [0.1, 0.15) is 24.8 Å². The average molecular weight is 531 g/mol. The number of carbonyl (C=O) groups is 2. The lowest BCUT2D eigenvalue weighted by Gasteiger charge is -2.16. The molecule has 0 aliphatic heterocycles. The number of nitrogens with zero attached hydrogens (tertiary/aromatic N) is 1. The molecule has 2 aromatic carbocycles. The molecule has 0 radical (unpaired) electrons. The predicted molar refractivity (Wildman–Crippen MR) is 136 cm³/mol. The number of amides is 1. The topological polar surface area (TPSA) is 120 Å². The molecule has 0 aliphatic rings. The van der Waals surface area contributed by atoms with E-state index in [-0.39, 0.29) is 19.0 Å². The van der Waals surface area contributed by atoms with Crippen LogP contribution in [0.15, 0.2) is 66.9 Å². The van der Waals surface area contributed by atoms with Crippen LogP contribution in [0, 0.1) is 0 Å². The van der Waals surface area contributed by atoms with Gasteiger partial charge in [-0.15, -0.1) is 8.78 Å². The highest BCUT2D eigenvalue weighted by atomic mass is 19.3. The van der Waals surface area contributed by atoms with E-state index < -0.39 is 18.2 Å². The summed E-state index contributed by atoms with van der Waals surface area (Å²) in [5, 5.41) is 9.24. The summed E-state index contributed by atoms with van der Waals surface area (Å²) in [4.78, 5) is 27.2. The summed E-state index contributed by atoms with van der Waals surface area (Å²) in [7, 11) is 2.09. The van der Waals surface area contributed by atoms with E-state index >= 15 is 0 Å². The van der Waals surface area contributed by atoms with E-state index in [1.165, 1.54) is 19.2 Å². The molecule has 0 saturated heterocycles. The van der Waals surface area contributed by atoms with Gasteiger partial charge in [-0.05, 0) is 53.6 Å². The molecule has 1 aromatic heterocycles. The van der Waals surface area contributed by atoms with Crippen LogP contribution in [0.5, 0.6) is 5.75 Å². The molecule has 38 heavy (non-hydrogen) atoms. The van der Waals surface area contributed by atoms with Crippen molar-refractivity contribution in [3.05, 3.63) is 78.0 Å². The first kappa shape index (κ1) is 28.3. The van der Waals surface area contributed by atoms with Gasteiger partial charge in [-0.1, -0.05) is 18.2 Å². The largest absolute Gasteiger partial charge is 0.535 e. The van der Waals surface area contributed by atoms with Crippen LogP contribution in [-0.4, -0.2) is 50.6 Å². The molecule has 10 nitrogen and oxygen atoms in total. The summed E-state index contributed by atoms with van der Waals surface area (Å²) in [6.07, 6.45) is -2.12. The van der Waals surface area contributed by atoms with Gasteiger partial charge in [-0.25, -0.2) is 9.78 Å². The molecule has 3 aromatic rings. The number of alkyl halides is 2. The number of hydrogen-bond acceptors (Lipinski definition) is 9. The molecule has 0 spiro atoms. The summed E-state index contributed by atoms with van der Waals surface area (Å²) >= 11 is 0. The lowest BCUT2D eigenvalue weighted by molar-refractivity contribution is -0.342. The standard InChI is InChI=1S/C26H28F2N4O6/c1-35-25(34)17-37-16-24(33)32-23-13-18(11-12-29-23)14-31-22-6-4-3-5-19(22)15-30-20-7-9-21(10-8-20)38-26(27,28)36-2/h3-13,30-31H,14-17H2,1-2H3,(H,29,32,33). The van der Waals surface area contributed by atoms with E-state index in [9.17, 15) is 18.4 Å². The van der Waals surface area contributed by atoms with Crippen LogP contribution in [0.2, 0.25) is 0 Å². The Morgan fingerprint density at radius 3 is 2.45 bits per heavy atom. The van der Waals surface area contributed by atoms with Gasteiger partial charge in [0.15, 0.2) is 0 Å². The Balaban J connectivity index is 1.52. The number of nitrogens with one attached hydrogen (secondary N) is 3. The Morgan fingerprint density at radius 1 is 0.947 bits per heavy atom. The predicted octanol–water partition coefficient (Wildman–Crippen LogP) is 4.01. The van der Waals surface area contributed by atoms with Gasteiger partial charge in [0.05, 0.1) is 7.11 Å². The Labute approximate surface area is 218 Å². The number of anilines is 3. The number of benzene rings is 2. The van der Waals surface area contributed by atoms with E-state index in [1.54, 1.807) is 24.4 Å². The maximum atomic E-state index is 13.2. The summed E-state index contributed by atoms with van der Waals surface area (Å²) in [5.41, 5.74) is 3.46. The Hall–Kier alpha value is -4.29. The van der Waals surface area contributed by atoms with Crippen molar-refractivity contribution in [2.24, 2.45) is 0 Å². The van der Waals surface area contributed by atoms with Crippen molar-refractivity contribution >= 4 is 29.1 Å². The highest BCUT2D eigenvalue weighted by molar-refractivity contribution is 5.91. The van der Waals surface area contributed by atoms with Crippen molar-refractivity contribution in [1.29, 1.82) is 0 Å². The fraction of sp³-hybridized carbons (Fsp3) is 0.269. The van der Waals surface area contributed by atoms with E-state index in [4.69, 9.17) is 4.74 Å². The maximum Gasteiger partial charge on any atom is 0.535 e. The zero-order chi connectivity index (χ0) is 27.4. The Kier molecular flexibility index (Phi) is 10.3. The highest BCUT2D eigenvalue weighted by Gasteiger charge is 2.31. The van der Waals surface area contributed by atoms with Gasteiger partial charge in [-0.3, -0.25) is 9.53 Å². The summed E-state index contributed by atoms with van der Waals surface area (Å²) in [6, 6.07) is 17.3. The van der Waals surface area contributed by atoms with Gasteiger partial charge < -0.3 is 30.2 Å². The third-order valence-electron chi connectivity index (χ3n) is 5.08. The van der Waals surface area contributed by atoms with Crippen molar-refractivity contribution in [3.63, 3.8) is 0 Å². The third-order valence-corrected chi connectivity index (χ3v) is 5.08. The lowest BCUT2D eigenvalue weighted by atomic mass is 10.1. The molecular formula is C26H28F2N4O6. The number of halogens is 2. The number of methoxy groups -OCH3 is 2. The molecule has 0 fully saturated rings. The first-order chi connectivity index (χ1) is 18.3. The van der Waals surface area contributed by atoms with Crippen LogP contribution in [0.3, 0.4) is 0 Å². The molecule has 0 aliphatic carbocycles. The molecular weight excluding hydrogens is 502 g/mol. The number of rotatable bonds is 14. The summed E-state index contributed by atoms with van der Waals surface area (Å²) in [6.45, 7) is 0.305. The quantitative estimate of drug-likeness (QED) is 0.210. The number of para-hydroxylation sites is 1. The monoisotopic (exact) mass is 530 g/mol. The normalized spacial score (nSPS) is 10.9. The highest BCUT2D eigenvalue weighted by Crippen LogP contribution is 2.24. The molecule has 202 valence electrons. The second kappa shape index (κ2) is 13.9. The zero-order valence-corrected chi connectivity index (χ0v) is 20.8. The first-order valence-corrected chi connectivity index (χ1v) is 11.4. The van der Waals surface area contributed by atoms with E-state index in [2.05, 4.69) is 35.1 Å². The van der Waals surface area contributed by atoms with Gasteiger partial charge in [0.25, 0.3) is 5.91 Å². The van der Waals surface area contributed by atoms with Gasteiger partial charge in [-0.2, -0.15) is 0 Å². The smallest absolute Gasteiger partial charge is 0.467 e. The minimum atomic E-state index is -3.69. The summed E-state index contributed by atoms with van der Waals surface area (Å²) < 4.78 is 44.3. The molecule has 1 heterocycles. The van der Waals surface area contributed by atoms with Crippen molar-refractivity contribution in [2.75, 3.05) is 43.4 Å². The van der Waals surface area contributed by atoms with Crippen LogP contribution in [0.4, 0.5) is 26.0 Å². The molecule has 1 amide bonds. The molecule has 3 N–H and O–H groups in total. The molecule has 0 bridgehead atoms. The van der Waals surface area contributed by atoms with E-state index in [0.29, 0.717) is 18.9 Å². The van der Waals surface area contributed by atoms with Crippen LogP contribution in [0.1, 0.15) is 11.1 Å². The van der Waals surface area contributed by atoms with Crippen molar-refractivity contribution < 1.29 is 37.3 Å². The minimum Gasteiger partial charge on any atom is -0.467 e. The molecule has 0 unspecified atom stereocenters. The molecule has 3 rings (SSSR count). The van der Waals surface area contributed by atoms with E-state index in [0.717, 1.165) is 29.6 Å². The number of carbonyl (C=O) groups excluding carboxylic acids is 2. The second-order valence-corrected chi connectivity index (χ2v) is 7.82. The van der Waals surface area contributed by atoms with E-state index in [1.807, 2.05) is 30.3 Å². The van der Waals surface area contributed by atoms with Crippen LogP contribution in [0.25, 0.3) is 0 Å². The van der Waals surface area contributed by atoms with Gasteiger partial charge >= 0.3 is 12.3 Å². The van der Waals surface area contributed by atoms with Crippen molar-refractivity contribution in [3.8, 4) is 5.75 Å². The number of esters is 1. The first-order valence-electron chi connectivity index (χ1n) is 11.4. The van der Waals surface area contributed by atoms with Crippen LogP contribution < -0.4 is 20.7 Å². The van der Waals surface area contributed by atoms with Crippen LogP contribution >= 0.6 is 0 Å². The second-order valence-electron chi connectivity index (χ2n) is 7.82. The maximum absolute atomic E-state index is 13.2. The third kappa shape index (κ3) is 9.30. The van der Waals surface area contributed by atoms with Crippen molar-refractivity contribution in [2.45, 2.75) is 19.4 Å². The minimum absolute atomic E-state index is 0.0221. The molecule has 12 heteroatoms. The number of pyridine rings is 1. The fourth-order valence-corrected chi connectivity index (χ4v) is 3.18. The summed E-state index contributed by atoms with van der Waals surface area (Å²) in [5.74, 6) is -0.695. The fourth-order valence-electron chi connectivity index (χ4n) is 3.18. The Bertz CT molecular complexity index is 1210. The molecule has 0 atom stereocenters. The lowest BCUT2D eigenvalue weighted by Crippen LogP contribution is -2.26. The number of hydrogen-bond donors (Lipinski definition) is 3. The van der Waals surface area contributed by atoms with Crippen LogP contribution in [-0.2, 0) is 36.9 Å². The van der Waals surface area contributed by atoms with Gasteiger partial charge in [0, 0.05) is 37.8 Å². The van der Waals surface area contributed by atoms with Crippen molar-refractivity contribution in [1.82, 2.24) is 4.98 Å². The Morgan fingerprint density at radius 2 is 1.71 bits per heavy atom. The SMILES string of the molecule is COC(=O)COCC(=O)Nc1cc(CNc2ccccc2CNc2ccc(OC(F)(F)OC)cc2)ccn1. The number of ether oxygens (including phenoxy) is 4. The zero-order valence-electron chi connectivity index (χ0n) is 20.8. The number of aromatic nitrogens is 1. The van der Waals surface area contributed by atoms with Gasteiger partial charge in [0.2, 0.25) is 0 Å². The average Bonchev–Trinajstić information content (AvgIpc) is 2.92.